The summed E-state index contributed by atoms with van der Waals surface area (Å²) in [7, 11) is 0. The Labute approximate surface area is 185 Å². The van der Waals surface area contributed by atoms with Gasteiger partial charge in [0, 0.05) is 17.3 Å². The Morgan fingerprint density at radius 3 is 2.52 bits per heavy atom. The number of carbonyl (C=O) groups excluding carboxylic acids is 3. The van der Waals surface area contributed by atoms with E-state index in [2.05, 4.69) is 17.6 Å². The maximum Gasteiger partial charge on any atom is 0.250 e. The predicted octanol–water partition coefficient (Wildman–Crippen LogP) is 3.06. The lowest BCUT2D eigenvalue weighted by atomic mass is 9.76. The molecule has 0 aromatic heterocycles. The Bertz CT molecular complexity index is 1070. The molecule has 0 radical (unpaired) electrons. The van der Waals surface area contributed by atoms with Crippen LogP contribution in [0.3, 0.4) is 0 Å². The molecule has 4 atom stereocenters. The van der Waals surface area contributed by atoms with Crippen molar-refractivity contribution in [2.24, 2.45) is 11.8 Å². The van der Waals surface area contributed by atoms with Crippen LogP contribution in [0.2, 0.25) is 0 Å². The third-order valence-corrected chi connectivity index (χ3v) is 7.62. The molecule has 6 nitrogen and oxygen atoms in total. The monoisotopic (exact) mass is 435 g/mol. The highest BCUT2D eigenvalue weighted by atomic mass is 32.2. The second-order valence-corrected chi connectivity index (χ2v) is 9.79. The average Bonchev–Trinajstić information content (AvgIpc) is 3.34. The number of hydrogen-bond donors (Lipinski definition) is 2. The minimum atomic E-state index is -1.21. The van der Waals surface area contributed by atoms with Gasteiger partial charge in [-0.05, 0) is 43.0 Å². The lowest BCUT2D eigenvalue weighted by Gasteiger charge is -2.29. The van der Waals surface area contributed by atoms with Gasteiger partial charge in [-0.15, -0.1) is 0 Å². The summed E-state index contributed by atoms with van der Waals surface area (Å²) in [6, 6.07) is 14.6. The van der Waals surface area contributed by atoms with Crippen molar-refractivity contribution in [2.45, 2.75) is 31.8 Å². The summed E-state index contributed by atoms with van der Waals surface area (Å²) in [4.78, 5) is 42.0. The number of aryl methyl sites for hydroxylation is 1. The molecule has 3 aliphatic heterocycles. The van der Waals surface area contributed by atoms with Crippen molar-refractivity contribution in [3.8, 4) is 0 Å². The van der Waals surface area contributed by atoms with E-state index in [1.54, 1.807) is 23.9 Å². The first-order valence-corrected chi connectivity index (χ1v) is 11.9. The van der Waals surface area contributed by atoms with Crippen LogP contribution in [-0.2, 0) is 19.9 Å². The van der Waals surface area contributed by atoms with Crippen molar-refractivity contribution >= 4 is 40.9 Å². The third kappa shape index (κ3) is 2.87. The number of fused-ring (bicyclic) bond motifs is 4. The SMILES string of the molecule is CCSCC[C@@H]1N[C@]2(C(=O)Nc3ccccc32)[C@@H]2C(=O)N(c3ccc(C)cc3)C(=O)[C@H]12. The van der Waals surface area contributed by atoms with E-state index in [9.17, 15) is 14.4 Å². The van der Waals surface area contributed by atoms with Crippen molar-refractivity contribution in [1.29, 1.82) is 0 Å². The number of benzene rings is 2. The Morgan fingerprint density at radius 2 is 1.77 bits per heavy atom. The Morgan fingerprint density at radius 1 is 1.03 bits per heavy atom. The molecule has 2 fully saturated rings. The molecule has 2 aromatic carbocycles. The molecule has 3 heterocycles. The van der Waals surface area contributed by atoms with Crippen LogP contribution in [-0.4, -0.2) is 35.3 Å². The van der Waals surface area contributed by atoms with Gasteiger partial charge in [0.05, 0.1) is 17.5 Å². The van der Waals surface area contributed by atoms with E-state index in [1.165, 1.54) is 4.90 Å². The van der Waals surface area contributed by atoms with E-state index in [0.29, 0.717) is 11.4 Å². The summed E-state index contributed by atoms with van der Waals surface area (Å²) in [5, 5.41) is 6.42. The summed E-state index contributed by atoms with van der Waals surface area (Å²) in [5.41, 5.74) is 1.87. The zero-order chi connectivity index (χ0) is 21.8. The third-order valence-electron chi connectivity index (χ3n) is 6.69. The number of amides is 3. The summed E-state index contributed by atoms with van der Waals surface area (Å²) in [6.07, 6.45) is 0.720. The molecule has 0 aliphatic carbocycles. The van der Waals surface area contributed by atoms with Gasteiger partial charge in [-0.1, -0.05) is 42.8 Å². The highest BCUT2D eigenvalue weighted by Crippen LogP contribution is 2.53. The van der Waals surface area contributed by atoms with Gasteiger partial charge in [0.25, 0.3) is 0 Å². The van der Waals surface area contributed by atoms with Gasteiger partial charge in [0.15, 0.2) is 0 Å². The van der Waals surface area contributed by atoms with Crippen LogP contribution in [0.1, 0.15) is 24.5 Å². The summed E-state index contributed by atoms with van der Waals surface area (Å²) in [6.45, 7) is 4.06. The molecule has 2 aromatic rings. The van der Waals surface area contributed by atoms with Gasteiger partial charge in [0.2, 0.25) is 17.7 Å². The van der Waals surface area contributed by atoms with Crippen molar-refractivity contribution < 1.29 is 14.4 Å². The topological polar surface area (TPSA) is 78.5 Å². The van der Waals surface area contributed by atoms with Crippen LogP contribution in [0.5, 0.6) is 0 Å². The van der Waals surface area contributed by atoms with Crippen molar-refractivity contribution in [1.82, 2.24) is 5.32 Å². The molecular formula is C24H25N3O3S. The molecule has 160 valence electrons. The quantitative estimate of drug-likeness (QED) is 0.558. The van der Waals surface area contributed by atoms with Crippen molar-refractivity contribution in [3.05, 3.63) is 59.7 Å². The zero-order valence-corrected chi connectivity index (χ0v) is 18.4. The fourth-order valence-corrected chi connectivity index (χ4v) is 6.02. The molecule has 3 aliphatic rings. The maximum absolute atomic E-state index is 13.8. The minimum absolute atomic E-state index is 0.216. The normalized spacial score (nSPS) is 28.9. The van der Waals surface area contributed by atoms with E-state index >= 15 is 0 Å². The van der Waals surface area contributed by atoms with Crippen LogP contribution in [0.25, 0.3) is 0 Å². The Kier molecular flexibility index (Phi) is 4.90. The first kappa shape index (κ1) is 20.3. The van der Waals surface area contributed by atoms with Gasteiger partial charge in [-0.25, -0.2) is 4.90 Å². The fraction of sp³-hybridized carbons (Fsp3) is 0.375. The lowest BCUT2D eigenvalue weighted by Crippen LogP contribution is -2.53. The highest BCUT2D eigenvalue weighted by Gasteiger charge is 2.70. The molecule has 5 rings (SSSR count). The van der Waals surface area contributed by atoms with Crippen LogP contribution in [0.15, 0.2) is 48.5 Å². The predicted molar refractivity (Wildman–Crippen MR) is 122 cm³/mol. The van der Waals surface area contributed by atoms with Gasteiger partial charge < -0.3 is 5.32 Å². The lowest BCUT2D eigenvalue weighted by molar-refractivity contribution is -0.130. The molecule has 31 heavy (non-hydrogen) atoms. The smallest absolute Gasteiger partial charge is 0.250 e. The van der Waals surface area contributed by atoms with Crippen molar-refractivity contribution in [3.63, 3.8) is 0 Å². The number of nitrogens with zero attached hydrogens (tertiary/aromatic N) is 1. The number of para-hydroxylation sites is 1. The van der Waals surface area contributed by atoms with Crippen LogP contribution < -0.4 is 15.5 Å². The Balaban J connectivity index is 1.61. The molecule has 2 N–H and O–H groups in total. The average molecular weight is 436 g/mol. The molecular weight excluding hydrogens is 410 g/mol. The molecule has 0 unspecified atom stereocenters. The number of anilines is 2. The van der Waals surface area contributed by atoms with E-state index in [4.69, 9.17) is 0 Å². The number of imide groups is 1. The van der Waals surface area contributed by atoms with Crippen molar-refractivity contribution in [2.75, 3.05) is 21.7 Å². The first-order chi connectivity index (χ1) is 15.0. The van der Waals surface area contributed by atoms with Crippen LogP contribution in [0, 0.1) is 18.8 Å². The Hall–Kier alpha value is -2.64. The standard InChI is InChI=1S/C24H25N3O3S/c1-3-31-13-12-18-19-20(22(29)27(21(19)28)15-10-8-14(2)9-11-15)24(26-18)16-6-4-5-7-17(16)25-23(24)30/h4-11,18-20,26H,3,12-13H2,1-2H3,(H,25,30)/t18-,19+,20-,24-/m0/s1. The molecule has 2 saturated heterocycles. The number of nitrogens with one attached hydrogen (secondary N) is 2. The minimum Gasteiger partial charge on any atom is -0.324 e. The maximum atomic E-state index is 13.8. The number of rotatable bonds is 5. The van der Waals surface area contributed by atoms with E-state index < -0.39 is 17.4 Å². The number of carbonyl (C=O) groups is 3. The van der Waals surface area contributed by atoms with Gasteiger partial charge in [0.1, 0.15) is 5.54 Å². The van der Waals surface area contributed by atoms with E-state index in [1.807, 2.05) is 43.3 Å². The van der Waals surface area contributed by atoms with E-state index in [-0.39, 0.29) is 23.8 Å². The highest BCUT2D eigenvalue weighted by molar-refractivity contribution is 7.99. The largest absolute Gasteiger partial charge is 0.324 e. The zero-order valence-electron chi connectivity index (χ0n) is 17.6. The fourth-order valence-electron chi connectivity index (χ4n) is 5.31. The van der Waals surface area contributed by atoms with Crippen LogP contribution in [0.4, 0.5) is 11.4 Å². The summed E-state index contributed by atoms with van der Waals surface area (Å²) in [5.74, 6) is -0.248. The summed E-state index contributed by atoms with van der Waals surface area (Å²) < 4.78 is 0. The second kappa shape index (κ2) is 7.50. The molecule has 0 saturated carbocycles. The van der Waals surface area contributed by atoms with Gasteiger partial charge in [-0.2, -0.15) is 11.8 Å². The summed E-state index contributed by atoms with van der Waals surface area (Å²) >= 11 is 1.80. The molecule has 7 heteroatoms. The van der Waals surface area contributed by atoms with Gasteiger partial charge in [-0.3, -0.25) is 19.7 Å². The number of hydrogen-bond acceptors (Lipinski definition) is 5. The number of thioether (sulfide) groups is 1. The van der Waals surface area contributed by atoms with Crippen LogP contribution >= 0.6 is 11.8 Å². The molecule has 1 spiro atoms. The van der Waals surface area contributed by atoms with Gasteiger partial charge >= 0.3 is 0 Å². The van der Waals surface area contributed by atoms with E-state index in [0.717, 1.165) is 29.1 Å². The molecule has 3 amide bonds. The first-order valence-electron chi connectivity index (χ1n) is 10.7. The molecule has 0 bridgehead atoms. The second-order valence-electron chi connectivity index (χ2n) is 8.40.